The largest absolute Gasteiger partial charge is 0.491 e. The second-order valence-corrected chi connectivity index (χ2v) is 9.30. The molecule has 3 rings (SSSR count). The van der Waals surface area contributed by atoms with Gasteiger partial charge in [0.1, 0.15) is 5.76 Å². The minimum atomic E-state index is -1.99. The van der Waals surface area contributed by atoms with Crippen LogP contribution in [0, 0.1) is 5.92 Å². The van der Waals surface area contributed by atoms with Gasteiger partial charge >= 0.3 is 5.97 Å². The normalized spacial score (nSPS) is 32.5. The van der Waals surface area contributed by atoms with Crippen LogP contribution >= 0.6 is 0 Å². The van der Waals surface area contributed by atoms with Crippen molar-refractivity contribution in [1.82, 2.24) is 5.32 Å². The lowest BCUT2D eigenvalue weighted by Gasteiger charge is -2.37. The lowest BCUT2D eigenvalue weighted by Crippen LogP contribution is -2.57. The van der Waals surface area contributed by atoms with Gasteiger partial charge in [0, 0.05) is 25.3 Å². The molecule has 0 amide bonds. The van der Waals surface area contributed by atoms with E-state index in [9.17, 15) is 15.0 Å². The molecule has 1 saturated heterocycles. The molecular formula is C22H36N2O5. The Morgan fingerprint density at radius 2 is 2.14 bits per heavy atom. The number of dihydropyridines is 1. The van der Waals surface area contributed by atoms with Crippen LogP contribution in [0.25, 0.3) is 0 Å². The summed E-state index contributed by atoms with van der Waals surface area (Å²) in [4.78, 5) is 11.8. The highest BCUT2D eigenvalue weighted by molar-refractivity contribution is 5.78. The number of hydrogen-bond donors (Lipinski definition) is 4. The van der Waals surface area contributed by atoms with Gasteiger partial charge in [-0.25, -0.2) is 4.79 Å². The van der Waals surface area contributed by atoms with E-state index in [-0.39, 0.29) is 30.1 Å². The summed E-state index contributed by atoms with van der Waals surface area (Å²) in [5, 5.41) is 23.6. The van der Waals surface area contributed by atoms with Gasteiger partial charge in [-0.15, -0.1) is 0 Å². The number of carboxylic acids is 1. The van der Waals surface area contributed by atoms with E-state index in [4.69, 9.17) is 15.2 Å². The van der Waals surface area contributed by atoms with E-state index >= 15 is 0 Å². The van der Waals surface area contributed by atoms with Crippen LogP contribution in [0.5, 0.6) is 0 Å². The molecule has 1 aliphatic carbocycles. The maximum atomic E-state index is 11.8. The third-order valence-corrected chi connectivity index (χ3v) is 6.50. The van der Waals surface area contributed by atoms with Gasteiger partial charge in [0.15, 0.2) is 5.60 Å². The van der Waals surface area contributed by atoms with E-state index in [0.717, 1.165) is 45.1 Å². The Bertz CT molecular complexity index is 631. The molecule has 2 heterocycles. The zero-order valence-corrected chi connectivity index (χ0v) is 17.6. The van der Waals surface area contributed by atoms with Crippen molar-refractivity contribution in [3.05, 3.63) is 24.1 Å². The van der Waals surface area contributed by atoms with Crippen LogP contribution in [-0.4, -0.2) is 52.2 Å². The number of carbonyl (C=O) groups is 1. The van der Waals surface area contributed by atoms with Crippen molar-refractivity contribution in [1.29, 1.82) is 0 Å². The molecule has 7 heteroatoms. The maximum absolute atomic E-state index is 11.8. The summed E-state index contributed by atoms with van der Waals surface area (Å²) < 4.78 is 12.2. The molecule has 5 N–H and O–H groups in total. The fourth-order valence-corrected chi connectivity index (χ4v) is 4.76. The van der Waals surface area contributed by atoms with E-state index in [1.807, 2.05) is 26.0 Å². The molecule has 7 nitrogen and oxygen atoms in total. The Kier molecular flexibility index (Phi) is 6.91. The molecule has 2 aliphatic heterocycles. The molecule has 1 spiro atoms. The van der Waals surface area contributed by atoms with Gasteiger partial charge in [0.05, 0.1) is 17.7 Å². The number of allylic oxidation sites excluding steroid dienone is 1. The first kappa shape index (κ1) is 22.1. The molecule has 0 bridgehead atoms. The third kappa shape index (κ3) is 5.32. The average molecular weight is 409 g/mol. The molecule has 0 radical (unpaired) electrons. The van der Waals surface area contributed by atoms with Crippen molar-refractivity contribution in [3.8, 4) is 0 Å². The number of aliphatic carboxylic acids is 1. The lowest BCUT2D eigenvalue weighted by molar-refractivity contribution is -0.162. The Morgan fingerprint density at radius 1 is 1.41 bits per heavy atom. The van der Waals surface area contributed by atoms with Gasteiger partial charge in [0.2, 0.25) is 0 Å². The number of ether oxygens (including phenoxy) is 2. The molecule has 0 aromatic rings. The van der Waals surface area contributed by atoms with Crippen molar-refractivity contribution in [2.24, 2.45) is 11.7 Å². The van der Waals surface area contributed by atoms with Crippen molar-refractivity contribution in [2.45, 2.75) is 94.6 Å². The van der Waals surface area contributed by atoms with Crippen LogP contribution < -0.4 is 11.1 Å². The molecule has 3 aliphatic rings. The van der Waals surface area contributed by atoms with Crippen LogP contribution in [0.4, 0.5) is 0 Å². The SMILES string of the molecule is CC(C)C[C@H](N)[C@](O)(CC1C=C(O[C@H]2CC[C@]3(CCCO3)CC2)C=CN1)C(=O)O. The van der Waals surface area contributed by atoms with E-state index in [1.54, 1.807) is 6.20 Å². The molecule has 164 valence electrons. The predicted molar refractivity (Wildman–Crippen MR) is 110 cm³/mol. The van der Waals surface area contributed by atoms with Crippen molar-refractivity contribution < 1.29 is 24.5 Å². The van der Waals surface area contributed by atoms with E-state index in [2.05, 4.69) is 5.32 Å². The summed E-state index contributed by atoms with van der Waals surface area (Å²) in [5.74, 6) is -0.373. The topological polar surface area (TPSA) is 114 Å². The summed E-state index contributed by atoms with van der Waals surface area (Å²) in [6, 6.07) is -1.20. The van der Waals surface area contributed by atoms with Gasteiger partial charge in [-0.1, -0.05) is 13.8 Å². The van der Waals surface area contributed by atoms with Gasteiger partial charge in [-0.2, -0.15) is 0 Å². The Labute approximate surface area is 173 Å². The Hall–Kier alpha value is -1.57. The van der Waals surface area contributed by atoms with E-state index in [1.165, 1.54) is 0 Å². The second kappa shape index (κ2) is 9.06. The first-order valence-corrected chi connectivity index (χ1v) is 10.9. The van der Waals surface area contributed by atoms with Crippen LogP contribution in [-0.2, 0) is 14.3 Å². The molecule has 2 fully saturated rings. The van der Waals surface area contributed by atoms with E-state index in [0.29, 0.717) is 12.2 Å². The summed E-state index contributed by atoms with van der Waals surface area (Å²) >= 11 is 0. The monoisotopic (exact) mass is 408 g/mol. The maximum Gasteiger partial charge on any atom is 0.337 e. The zero-order valence-electron chi connectivity index (χ0n) is 17.6. The highest BCUT2D eigenvalue weighted by Crippen LogP contribution is 2.40. The Balaban J connectivity index is 1.58. The van der Waals surface area contributed by atoms with Crippen molar-refractivity contribution in [2.75, 3.05) is 6.61 Å². The highest BCUT2D eigenvalue weighted by Gasteiger charge is 2.44. The molecule has 1 saturated carbocycles. The second-order valence-electron chi connectivity index (χ2n) is 9.30. The first-order valence-electron chi connectivity index (χ1n) is 10.9. The Morgan fingerprint density at radius 3 is 2.72 bits per heavy atom. The third-order valence-electron chi connectivity index (χ3n) is 6.50. The molecule has 3 atom stereocenters. The van der Waals surface area contributed by atoms with Crippen LogP contribution in [0.1, 0.15) is 65.2 Å². The quantitative estimate of drug-likeness (QED) is 0.488. The summed E-state index contributed by atoms with van der Waals surface area (Å²) in [6.07, 6.45) is 12.3. The van der Waals surface area contributed by atoms with Crippen molar-refractivity contribution in [3.63, 3.8) is 0 Å². The molecule has 0 aromatic heterocycles. The van der Waals surface area contributed by atoms with Crippen molar-refractivity contribution >= 4 is 5.97 Å². The van der Waals surface area contributed by atoms with E-state index < -0.39 is 17.6 Å². The number of nitrogens with two attached hydrogens (primary N) is 1. The standard InChI is InChI=1S/C22H36N2O5/c1-15(2)12-19(23)22(27,20(25)26)14-16-13-18(6-10-24-16)29-17-4-8-21(9-5-17)7-3-11-28-21/h6,10,13,15-17,19,24,27H,3-5,7-9,11-12,14,23H2,1-2H3,(H,25,26)/t16?,17-,19-,21+,22+/m0/s1. The summed E-state index contributed by atoms with van der Waals surface area (Å²) in [5.41, 5.74) is 4.15. The number of hydrogen-bond acceptors (Lipinski definition) is 6. The number of nitrogens with one attached hydrogen (secondary N) is 1. The van der Waals surface area contributed by atoms with Gasteiger partial charge in [-0.3, -0.25) is 0 Å². The van der Waals surface area contributed by atoms with Crippen LogP contribution in [0.15, 0.2) is 24.1 Å². The fraction of sp³-hybridized carbons (Fsp3) is 0.773. The zero-order chi connectivity index (χ0) is 21.1. The van der Waals surface area contributed by atoms with Crippen LogP contribution in [0.2, 0.25) is 0 Å². The van der Waals surface area contributed by atoms with Gasteiger partial charge in [-0.05, 0) is 63.0 Å². The minimum absolute atomic E-state index is 0.0188. The fourth-order valence-electron chi connectivity index (χ4n) is 4.76. The van der Waals surface area contributed by atoms with Crippen LogP contribution in [0.3, 0.4) is 0 Å². The molecule has 0 aromatic carbocycles. The highest BCUT2D eigenvalue weighted by atomic mass is 16.5. The molecular weight excluding hydrogens is 372 g/mol. The van der Waals surface area contributed by atoms with Gasteiger partial charge < -0.3 is 30.7 Å². The number of rotatable bonds is 8. The summed E-state index contributed by atoms with van der Waals surface area (Å²) in [6.45, 7) is 4.79. The summed E-state index contributed by atoms with van der Waals surface area (Å²) in [7, 11) is 0. The average Bonchev–Trinajstić information content (AvgIpc) is 3.11. The molecule has 29 heavy (non-hydrogen) atoms. The number of carboxylic acid groups (broad SMARTS) is 1. The smallest absolute Gasteiger partial charge is 0.337 e. The molecule has 1 unspecified atom stereocenters. The number of aliphatic hydroxyl groups is 1. The minimum Gasteiger partial charge on any atom is -0.491 e. The lowest BCUT2D eigenvalue weighted by atomic mass is 9.81. The van der Waals surface area contributed by atoms with Gasteiger partial charge in [0.25, 0.3) is 0 Å². The predicted octanol–water partition coefficient (Wildman–Crippen LogP) is 2.44. The first-order chi connectivity index (χ1) is 13.7.